The van der Waals surface area contributed by atoms with E-state index in [1.165, 1.54) is 11.3 Å². The van der Waals surface area contributed by atoms with Crippen molar-refractivity contribution in [2.75, 3.05) is 6.61 Å². The normalized spacial score (nSPS) is 11.8. The molecule has 2 aromatic heterocycles. The second-order valence-corrected chi connectivity index (χ2v) is 7.50. The minimum Gasteiger partial charge on any atom is -0.462 e. The van der Waals surface area contributed by atoms with Crippen molar-refractivity contribution >= 4 is 23.2 Å². The number of furan rings is 1. The molecule has 0 saturated heterocycles. The summed E-state index contributed by atoms with van der Waals surface area (Å²) in [6.45, 7) is 3.50. The molecule has 0 fully saturated rings. The second kappa shape index (κ2) is 9.32. The van der Waals surface area contributed by atoms with Crippen LogP contribution in [0.15, 0.2) is 53.1 Å². The van der Waals surface area contributed by atoms with E-state index >= 15 is 0 Å². The largest absolute Gasteiger partial charge is 0.462 e. The van der Waals surface area contributed by atoms with Crippen LogP contribution in [0.5, 0.6) is 0 Å². The lowest BCUT2D eigenvalue weighted by atomic mass is 10.0. The van der Waals surface area contributed by atoms with Gasteiger partial charge < -0.3 is 14.5 Å². The molecule has 7 heteroatoms. The fraction of sp³-hybridized carbons (Fsp3) is 0.286. The molecule has 1 amide bonds. The van der Waals surface area contributed by atoms with E-state index in [1.807, 2.05) is 30.3 Å². The number of rotatable bonds is 8. The number of aryl methyl sites for hydroxylation is 1. The number of carbonyl (C=O) groups excluding carboxylic acids is 2. The summed E-state index contributed by atoms with van der Waals surface area (Å²) < 4.78 is 10.5. The average Bonchev–Trinajstić information content (AvgIpc) is 3.36. The summed E-state index contributed by atoms with van der Waals surface area (Å²) in [5, 5.41) is 3.54. The predicted molar refractivity (Wildman–Crippen MR) is 107 cm³/mol. The van der Waals surface area contributed by atoms with Crippen LogP contribution in [-0.4, -0.2) is 23.5 Å². The van der Waals surface area contributed by atoms with E-state index in [-0.39, 0.29) is 24.2 Å². The first kappa shape index (κ1) is 19.8. The Hall–Kier alpha value is -2.93. The van der Waals surface area contributed by atoms with Crippen molar-refractivity contribution in [1.29, 1.82) is 0 Å². The van der Waals surface area contributed by atoms with Gasteiger partial charge in [0.15, 0.2) is 23.1 Å². The van der Waals surface area contributed by atoms with Gasteiger partial charge in [-0.25, -0.2) is 9.78 Å². The zero-order valence-electron chi connectivity index (χ0n) is 15.8. The van der Waals surface area contributed by atoms with Gasteiger partial charge >= 0.3 is 5.97 Å². The number of nitrogens with one attached hydrogen (secondary N) is 1. The number of nitrogens with zero attached hydrogens (tertiary/aromatic N) is 1. The van der Waals surface area contributed by atoms with Crippen LogP contribution in [0.3, 0.4) is 0 Å². The Bertz CT molecular complexity index is 919. The van der Waals surface area contributed by atoms with E-state index in [0.29, 0.717) is 15.6 Å². The summed E-state index contributed by atoms with van der Waals surface area (Å²) >= 11 is 1.34. The molecule has 146 valence electrons. The molecule has 0 saturated carbocycles. The highest BCUT2D eigenvalue weighted by Crippen LogP contribution is 2.28. The maximum atomic E-state index is 12.3. The molecule has 0 spiro atoms. The van der Waals surface area contributed by atoms with Crippen molar-refractivity contribution < 1.29 is 18.7 Å². The lowest BCUT2D eigenvalue weighted by molar-refractivity contribution is -0.125. The molecular formula is C21H22N2O4S. The maximum absolute atomic E-state index is 12.3. The Morgan fingerprint density at radius 3 is 2.68 bits per heavy atom. The van der Waals surface area contributed by atoms with Gasteiger partial charge in [0.25, 0.3) is 5.91 Å². The summed E-state index contributed by atoms with van der Waals surface area (Å²) in [6.07, 6.45) is 3.28. The standard InChI is InChI=1S/C21H22N2O4S/c1-3-8-16(15-9-5-4-6-10-15)22-18(24)13-27-21(25)19-14(2)28-20(23-19)17-11-7-12-26-17/h4-7,9-12,16H,3,8,13H2,1-2H3,(H,22,24). The molecule has 3 rings (SSSR count). The van der Waals surface area contributed by atoms with Crippen molar-refractivity contribution in [3.8, 4) is 10.8 Å². The van der Waals surface area contributed by atoms with Gasteiger partial charge in [-0.15, -0.1) is 11.3 Å². The van der Waals surface area contributed by atoms with E-state index in [9.17, 15) is 9.59 Å². The van der Waals surface area contributed by atoms with Crippen LogP contribution < -0.4 is 5.32 Å². The van der Waals surface area contributed by atoms with Crippen LogP contribution in [0.1, 0.15) is 46.7 Å². The maximum Gasteiger partial charge on any atom is 0.358 e. The Kier molecular flexibility index (Phi) is 6.60. The van der Waals surface area contributed by atoms with Crippen molar-refractivity contribution in [3.05, 3.63) is 64.9 Å². The van der Waals surface area contributed by atoms with Gasteiger partial charge in [-0.1, -0.05) is 43.7 Å². The Labute approximate surface area is 167 Å². The van der Waals surface area contributed by atoms with Crippen LogP contribution in [0.4, 0.5) is 0 Å². The van der Waals surface area contributed by atoms with E-state index in [2.05, 4.69) is 17.2 Å². The van der Waals surface area contributed by atoms with Crippen LogP contribution in [0, 0.1) is 6.92 Å². The summed E-state index contributed by atoms with van der Waals surface area (Å²) in [7, 11) is 0. The van der Waals surface area contributed by atoms with Crippen molar-refractivity contribution in [2.24, 2.45) is 0 Å². The van der Waals surface area contributed by atoms with Crippen LogP contribution in [0.2, 0.25) is 0 Å². The summed E-state index contributed by atoms with van der Waals surface area (Å²) in [5.41, 5.74) is 1.24. The first-order valence-corrected chi connectivity index (χ1v) is 9.93. The third kappa shape index (κ3) is 4.86. The molecular weight excluding hydrogens is 376 g/mol. The fourth-order valence-corrected chi connectivity index (χ4v) is 3.69. The van der Waals surface area contributed by atoms with Gasteiger partial charge in [0, 0.05) is 4.88 Å². The SMILES string of the molecule is CCCC(NC(=O)COC(=O)c1nc(-c2ccco2)sc1C)c1ccccc1. The number of hydrogen-bond donors (Lipinski definition) is 1. The number of carbonyl (C=O) groups is 2. The molecule has 1 unspecified atom stereocenters. The zero-order chi connectivity index (χ0) is 19.9. The molecule has 0 aliphatic carbocycles. The molecule has 28 heavy (non-hydrogen) atoms. The van der Waals surface area contributed by atoms with Crippen LogP contribution >= 0.6 is 11.3 Å². The number of ether oxygens (including phenoxy) is 1. The van der Waals surface area contributed by atoms with Crippen molar-refractivity contribution in [2.45, 2.75) is 32.7 Å². The van der Waals surface area contributed by atoms with Crippen LogP contribution in [0.25, 0.3) is 10.8 Å². The molecule has 0 radical (unpaired) electrons. The minimum absolute atomic E-state index is 0.107. The van der Waals surface area contributed by atoms with Crippen molar-refractivity contribution in [3.63, 3.8) is 0 Å². The first-order valence-electron chi connectivity index (χ1n) is 9.11. The van der Waals surface area contributed by atoms with Gasteiger partial charge in [-0.05, 0) is 31.0 Å². The number of esters is 1. The van der Waals surface area contributed by atoms with Crippen molar-refractivity contribution in [1.82, 2.24) is 10.3 Å². The summed E-state index contributed by atoms with van der Waals surface area (Å²) in [6, 6.07) is 13.2. The smallest absolute Gasteiger partial charge is 0.358 e. The Morgan fingerprint density at radius 1 is 1.21 bits per heavy atom. The van der Waals surface area contributed by atoms with E-state index in [1.54, 1.807) is 25.3 Å². The lowest BCUT2D eigenvalue weighted by Gasteiger charge is -2.18. The van der Waals surface area contributed by atoms with E-state index < -0.39 is 5.97 Å². The highest BCUT2D eigenvalue weighted by molar-refractivity contribution is 7.15. The molecule has 0 bridgehead atoms. The number of aromatic nitrogens is 1. The molecule has 2 heterocycles. The molecule has 6 nitrogen and oxygen atoms in total. The third-order valence-corrected chi connectivity index (χ3v) is 5.16. The monoisotopic (exact) mass is 398 g/mol. The molecule has 0 aliphatic rings. The highest BCUT2D eigenvalue weighted by atomic mass is 32.1. The van der Waals surface area contributed by atoms with Crippen LogP contribution in [-0.2, 0) is 9.53 Å². The summed E-state index contributed by atoms with van der Waals surface area (Å²) in [5.74, 6) is -0.363. The summed E-state index contributed by atoms with van der Waals surface area (Å²) in [4.78, 5) is 29.6. The zero-order valence-corrected chi connectivity index (χ0v) is 16.6. The minimum atomic E-state index is -0.617. The van der Waals surface area contributed by atoms with E-state index in [0.717, 1.165) is 18.4 Å². The van der Waals surface area contributed by atoms with Gasteiger partial charge in [0.05, 0.1) is 12.3 Å². The van der Waals surface area contributed by atoms with E-state index in [4.69, 9.17) is 9.15 Å². The topological polar surface area (TPSA) is 81.4 Å². The second-order valence-electron chi connectivity index (χ2n) is 6.30. The molecule has 1 N–H and O–H groups in total. The molecule has 1 atom stereocenters. The molecule has 3 aromatic rings. The number of hydrogen-bond acceptors (Lipinski definition) is 6. The van der Waals surface area contributed by atoms with Gasteiger partial charge in [-0.3, -0.25) is 4.79 Å². The lowest BCUT2D eigenvalue weighted by Crippen LogP contribution is -2.32. The van der Waals surface area contributed by atoms with Gasteiger partial charge in [-0.2, -0.15) is 0 Å². The third-order valence-electron chi connectivity index (χ3n) is 4.17. The fourth-order valence-electron chi connectivity index (χ4n) is 2.82. The average molecular weight is 398 g/mol. The molecule has 0 aliphatic heterocycles. The number of amides is 1. The number of thiazole rings is 1. The number of benzene rings is 1. The predicted octanol–water partition coefficient (Wildman–Crippen LogP) is 4.53. The van der Waals surface area contributed by atoms with Gasteiger partial charge in [0.1, 0.15) is 0 Å². The quantitative estimate of drug-likeness (QED) is 0.564. The highest BCUT2D eigenvalue weighted by Gasteiger charge is 2.21. The Balaban J connectivity index is 1.59. The molecule has 1 aromatic carbocycles. The Morgan fingerprint density at radius 2 is 2.00 bits per heavy atom. The van der Waals surface area contributed by atoms with Gasteiger partial charge in [0.2, 0.25) is 0 Å². The first-order chi connectivity index (χ1) is 13.6.